The number of thiophene rings is 1. The van der Waals surface area contributed by atoms with Crippen molar-refractivity contribution in [2.45, 2.75) is 33.2 Å². The minimum Gasteiger partial charge on any atom is -0.352 e. The van der Waals surface area contributed by atoms with E-state index in [0.29, 0.717) is 32.5 Å². The zero-order chi connectivity index (χ0) is 21.1. The summed E-state index contributed by atoms with van der Waals surface area (Å²) in [7, 11) is 0. The summed E-state index contributed by atoms with van der Waals surface area (Å²) in [5, 5.41) is 9.65. The molecular formula is C23H26N4O2S. The van der Waals surface area contributed by atoms with Crippen LogP contribution in [-0.4, -0.2) is 39.6 Å². The molecule has 4 rings (SSSR count). The van der Waals surface area contributed by atoms with Gasteiger partial charge in [-0.05, 0) is 50.3 Å². The van der Waals surface area contributed by atoms with Crippen LogP contribution in [0.2, 0.25) is 0 Å². The van der Waals surface area contributed by atoms with Crippen molar-refractivity contribution in [3.63, 3.8) is 0 Å². The fourth-order valence-electron chi connectivity index (χ4n) is 3.97. The van der Waals surface area contributed by atoms with E-state index in [9.17, 15) is 9.59 Å². The summed E-state index contributed by atoms with van der Waals surface area (Å²) in [6, 6.07) is 13.7. The Morgan fingerprint density at radius 1 is 1.10 bits per heavy atom. The number of rotatable bonds is 5. The van der Waals surface area contributed by atoms with Crippen molar-refractivity contribution in [2.75, 3.05) is 13.1 Å². The van der Waals surface area contributed by atoms with Crippen molar-refractivity contribution < 1.29 is 9.59 Å². The van der Waals surface area contributed by atoms with E-state index in [-0.39, 0.29) is 17.7 Å². The van der Waals surface area contributed by atoms with Crippen molar-refractivity contribution in [1.29, 1.82) is 0 Å². The maximum absolute atomic E-state index is 12.7. The molecule has 0 unspecified atom stereocenters. The predicted octanol–water partition coefficient (Wildman–Crippen LogP) is 3.72. The second-order valence-corrected chi connectivity index (χ2v) is 8.61. The quantitative estimate of drug-likeness (QED) is 0.681. The molecule has 0 radical (unpaired) electrons. The first-order valence-electron chi connectivity index (χ1n) is 10.3. The van der Waals surface area contributed by atoms with Crippen LogP contribution in [0.1, 0.15) is 39.5 Å². The molecule has 0 spiro atoms. The number of carbonyl (C=O) groups is 2. The smallest absolute Gasteiger partial charge is 0.263 e. The monoisotopic (exact) mass is 422 g/mol. The van der Waals surface area contributed by atoms with Crippen molar-refractivity contribution in [3.05, 3.63) is 69.7 Å². The SMILES string of the molecule is Cc1nn(-c2ccccc2)c(C)c1CNC(=O)C1CCN(C(=O)c2cccs2)CC1. The van der Waals surface area contributed by atoms with Crippen LogP contribution >= 0.6 is 11.3 Å². The summed E-state index contributed by atoms with van der Waals surface area (Å²) >= 11 is 1.46. The number of likely N-dealkylation sites (tertiary alicyclic amines) is 1. The average Bonchev–Trinajstić information content (AvgIpc) is 3.41. The third-order valence-corrected chi connectivity index (χ3v) is 6.62. The Balaban J connectivity index is 1.34. The van der Waals surface area contributed by atoms with Gasteiger partial charge in [0.1, 0.15) is 0 Å². The van der Waals surface area contributed by atoms with Gasteiger partial charge in [0.25, 0.3) is 5.91 Å². The number of para-hydroxylation sites is 1. The van der Waals surface area contributed by atoms with Crippen molar-refractivity contribution in [3.8, 4) is 5.69 Å². The van der Waals surface area contributed by atoms with Crippen LogP contribution in [-0.2, 0) is 11.3 Å². The van der Waals surface area contributed by atoms with Crippen LogP contribution in [0, 0.1) is 19.8 Å². The van der Waals surface area contributed by atoms with E-state index in [2.05, 4.69) is 10.4 Å². The summed E-state index contributed by atoms with van der Waals surface area (Å²) in [5.74, 6) is 0.0788. The summed E-state index contributed by atoms with van der Waals surface area (Å²) < 4.78 is 1.92. The molecular weight excluding hydrogens is 396 g/mol. The molecule has 1 aliphatic heterocycles. The third kappa shape index (κ3) is 4.16. The van der Waals surface area contributed by atoms with Crippen LogP contribution < -0.4 is 5.32 Å². The molecule has 1 aliphatic rings. The van der Waals surface area contributed by atoms with Gasteiger partial charge in [-0.1, -0.05) is 24.3 Å². The highest BCUT2D eigenvalue weighted by molar-refractivity contribution is 7.12. The molecule has 2 amide bonds. The van der Waals surface area contributed by atoms with Gasteiger partial charge in [-0.25, -0.2) is 4.68 Å². The first-order chi connectivity index (χ1) is 14.5. The molecule has 0 saturated carbocycles. The lowest BCUT2D eigenvalue weighted by Gasteiger charge is -2.31. The van der Waals surface area contributed by atoms with Crippen LogP contribution in [0.3, 0.4) is 0 Å². The second-order valence-electron chi connectivity index (χ2n) is 7.66. The zero-order valence-electron chi connectivity index (χ0n) is 17.3. The molecule has 1 N–H and O–H groups in total. The number of benzene rings is 1. The fraction of sp³-hybridized carbons (Fsp3) is 0.348. The van der Waals surface area contributed by atoms with E-state index >= 15 is 0 Å². The van der Waals surface area contributed by atoms with Crippen LogP contribution in [0.25, 0.3) is 5.69 Å². The number of nitrogens with one attached hydrogen (secondary N) is 1. The van der Waals surface area contributed by atoms with E-state index < -0.39 is 0 Å². The van der Waals surface area contributed by atoms with Gasteiger partial charge in [-0.2, -0.15) is 5.10 Å². The van der Waals surface area contributed by atoms with Gasteiger partial charge in [-0.3, -0.25) is 9.59 Å². The number of carbonyl (C=O) groups excluding carboxylic acids is 2. The van der Waals surface area contributed by atoms with Gasteiger partial charge in [0, 0.05) is 36.8 Å². The topological polar surface area (TPSA) is 67.2 Å². The minimum atomic E-state index is -0.0535. The number of aromatic nitrogens is 2. The number of nitrogens with zero attached hydrogens (tertiary/aromatic N) is 3. The van der Waals surface area contributed by atoms with Gasteiger partial charge in [0.15, 0.2) is 0 Å². The maximum atomic E-state index is 12.7. The third-order valence-electron chi connectivity index (χ3n) is 5.77. The second kappa shape index (κ2) is 8.83. The molecule has 3 heterocycles. The van der Waals surface area contributed by atoms with Crippen LogP contribution in [0.5, 0.6) is 0 Å². The lowest BCUT2D eigenvalue weighted by atomic mass is 9.95. The van der Waals surface area contributed by atoms with E-state index in [1.54, 1.807) is 0 Å². The van der Waals surface area contributed by atoms with E-state index in [1.165, 1.54) is 11.3 Å². The molecule has 0 aliphatic carbocycles. The molecule has 1 fully saturated rings. The molecule has 7 heteroatoms. The van der Waals surface area contributed by atoms with Crippen LogP contribution in [0.15, 0.2) is 47.8 Å². The molecule has 1 aromatic carbocycles. The summed E-state index contributed by atoms with van der Waals surface area (Å²) in [6.07, 6.45) is 1.40. The molecule has 6 nitrogen and oxygen atoms in total. The number of hydrogen-bond donors (Lipinski definition) is 1. The average molecular weight is 423 g/mol. The first-order valence-corrected chi connectivity index (χ1v) is 11.1. The highest BCUT2D eigenvalue weighted by Crippen LogP contribution is 2.22. The van der Waals surface area contributed by atoms with E-state index in [0.717, 1.165) is 27.5 Å². The molecule has 0 bridgehead atoms. The zero-order valence-corrected chi connectivity index (χ0v) is 18.1. The number of hydrogen-bond acceptors (Lipinski definition) is 4. The lowest BCUT2D eigenvalue weighted by Crippen LogP contribution is -2.42. The highest BCUT2D eigenvalue weighted by atomic mass is 32.1. The summed E-state index contributed by atoms with van der Waals surface area (Å²) in [6.45, 7) is 5.72. The van der Waals surface area contributed by atoms with Gasteiger partial charge in [-0.15, -0.1) is 11.3 Å². The Hall–Kier alpha value is -2.93. The largest absolute Gasteiger partial charge is 0.352 e. The van der Waals surface area contributed by atoms with Gasteiger partial charge < -0.3 is 10.2 Å². The maximum Gasteiger partial charge on any atom is 0.263 e. The Morgan fingerprint density at radius 3 is 2.50 bits per heavy atom. The molecule has 156 valence electrons. The summed E-state index contributed by atoms with van der Waals surface area (Å²) in [5.41, 5.74) is 4.03. The Labute approximate surface area is 180 Å². The van der Waals surface area contributed by atoms with Gasteiger partial charge in [0.2, 0.25) is 5.91 Å². The number of piperidine rings is 1. The van der Waals surface area contributed by atoms with Crippen molar-refractivity contribution in [1.82, 2.24) is 20.0 Å². The molecule has 3 aromatic rings. The standard InChI is InChI=1S/C23H26N4O2S/c1-16-20(17(2)27(25-16)19-7-4-3-5-8-19)15-24-22(28)18-10-12-26(13-11-18)23(29)21-9-6-14-30-21/h3-9,14,18H,10-13,15H2,1-2H3,(H,24,28). The highest BCUT2D eigenvalue weighted by Gasteiger charge is 2.28. The first kappa shape index (κ1) is 20.3. The van der Waals surface area contributed by atoms with E-state index in [4.69, 9.17) is 0 Å². The minimum absolute atomic E-state index is 0.0535. The van der Waals surface area contributed by atoms with Crippen molar-refractivity contribution >= 4 is 23.2 Å². The lowest BCUT2D eigenvalue weighted by molar-refractivity contribution is -0.126. The number of aryl methyl sites for hydroxylation is 1. The van der Waals surface area contributed by atoms with Crippen molar-refractivity contribution in [2.24, 2.45) is 5.92 Å². The fourth-order valence-corrected chi connectivity index (χ4v) is 4.66. The molecule has 1 saturated heterocycles. The normalized spacial score (nSPS) is 14.7. The van der Waals surface area contributed by atoms with Gasteiger partial charge in [0.05, 0.1) is 16.3 Å². The summed E-state index contributed by atoms with van der Waals surface area (Å²) in [4.78, 5) is 27.8. The van der Waals surface area contributed by atoms with Gasteiger partial charge >= 0.3 is 0 Å². The Kier molecular flexibility index (Phi) is 5.99. The van der Waals surface area contributed by atoms with E-state index in [1.807, 2.05) is 71.3 Å². The Morgan fingerprint density at radius 2 is 1.83 bits per heavy atom. The Bertz CT molecular complexity index is 1020. The molecule has 30 heavy (non-hydrogen) atoms. The number of amides is 2. The molecule has 2 aromatic heterocycles. The van der Waals surface area contributed by atoms with Crippen LogP contribution in [0.4, 0.5) is 0 Å². The molecule has 0 atom stereocenters. The predicted molar refractivity (Wildman–Crippen MR) is 118 cm³/mol.